The second-order valence-electron chi connectivity index (χ2n) is 8.69. The Hall–Kier alpha value is -1.44. The van der Waals surface area contributed by atoms with Crippen LogP contribution in [0.25, 0.3) is 0 Å². The minimum atomic E-state index is -0.218. The fourth-order valence-electron chi connectivity index (χ4n) is 5.21. The molecule has 2 nitrogen and oxygen atoms in total. The second-order valence-corrected chi connectivity index (χ2v) is 8.69. The molecule has 0 aromatic heterocycles. The second kappa shape index (κ2) is 5.03. The molecule has 5 aliphatic rings. The molecule has 0 heterocycles. The summed E-state index contributed by atoms with van der Waals surface area (Å²) in [5.74, 6) is -0.245. The Kier molecular flexibility index (Phi) is 3.30. The first-order valence-corrected chi connectivity index (χ1v) is 9.10. The summed E-state index contributed by atoms with van der Waals surface area (Å²) in [7, 11) is 0. The van der Waals surface area contributed by atoms with Crippen molar-refractivity contribution in [3.63, 3.8) is 0 Å². The van der Waals surface area contributed by atoms with E-state index in [0.717, 1.165) is 0 Å². The SMILES string of the molecule is CC(C)(C)C1=CC2C(=O)C(=O)C1[C@H]1C(=C3CCCCC3)C=C[C@@H]21. The third-order valence-corrected chi connectivity index (χ3v) is 6.30. The normalized spacial score (nSPS) is 36.6. The van der Waals surface area contributed by atoms with Crippen LogP contribution in [-0.4, -0.2) is 11.6 Å². The van der Waals surface area contributed by atoms with Crippen molar-refractivity contribution in [1.29, 1.82) is 0 Å². The van der Waals surface area contributed by atoms with Crippen LogP contribution >= 0.6 is 0 Å². The van der Waals surface area contributed by atoms with Gasteiger partial charge in [-0.25, -0.2) is 0 Å². The van der Waals surface area contributed by atoms with Crippen molar-refractivity contribution in [2.75, 3.05) is 0 Å². The van der Waals surface area contributed by atoms with E-state index in [-0.39, 0.29) is 40.7 Å². The highest BCUT2D eigenvalue weighted by Crippen LogP contribution is 2.56. The molecule has 0 aromatic rings. The number of rotatable bonds is 0. The van der Waals surface area contributed by atoms with Gasteiger partial charge in [0.2, 0.25) is 11.6 Å². The Morgan fingerprint density at radius 2 is 1.70 bits per heavy atom. The third-order valence-electron chi connectivity index (χ3n) is 6.30. The van der Waals surface area contributed by atoms with Gasteiger partial charge in [-0.3, -0.25) is 9.59 Å². The van der Waals surface area contributed by atoms with Gasteiger partial charge in [-0.2, -0.15) is 0 Å². The van der Waals surface area contributed by atoms with Gasteiger partial charge in [-0.05, 0) is 42.6 Å². The van der Waals surface area contributed by atoms with Crippen LogP contribution in [0.5, 0.6) is 0 Å². The van der Waals surface area contributed by atoms with Crippen LogP contribution < -0.4 is 0 Å². The molecule has 23 heavy (non-hydrogen) atoms. The first kappa shape index (κ1) is 15.1. The van der Waals surface area contributed by atoms with Crippen molar-refractivity contribution in [3.05, 3.63) is 34.9 Å². The lowest BCUT2D eigenvalue weighted by Crippen LogP contribution is -2.52. The van der Waals surface area contributed by atoms with E-state index in [1.807, 2.05) is 0 Å². The van der Waals surface area contributed by atoms with E-state index < -0.39 is 0 Å². The number of carbonyl (C=O) groups is 2. The highest BCUT2D eigenvalue weighted by atomic mass is 16.2. The molecule has 2 bridgehead atoms. The lowest BCUT2D eigenvalue weighted by molar-refractivity contribution is -0.146. The maximum Gasteiger partial charge on any atom is 0.206 e. The van der Waals surface area contributed by atoms with Gasteiger partial charge in [0.05, 0.1) is 11.8 Å². The number of carbonyl (C=O) groups excluding carboxylic acids is 2. The van der Waals surface area contributed by atoms with Crippen molar-refractivity contribution >= 4 is 11.6 Å². The molecule has 0 N–H and O–H groups in total. The quantitative estimate of drug-likeness (QED) is 0.490. The largest absolute Gasteiger partial charge is 0.290 e. The monoisotopic (exact) mass is 310 g/mol. The van der Waals surface area contributed by atoms with Crippen LogP contribution in [0.1, 0.15) is 52.9 Å². The molecule has 0 amide bonds. The molecule has 2 saturated carbocycles. The Labute approximate surface area is 138 Å². The molecule has 122 valence electrons. The maximum absolute atomic E-state index is 12.8. The summed E-state index contributed by atoms with van der Waals surface area (Å²) in [5, 5.41) is 0. The third kappa shape index (κ3) is 2.14. The fraction of sp³-hybridized carbons (Fsp3) is 0.619. The molecule has 0 radical (unpaired) electrons. The van der Waals surface area contributed by atoms with E-state index >= 15 is 0 Å². The molecule has 0 spiro atoms. The zero-order chi connectivity index (χ0) is 16.4. The first-order chi connectivity index (χ1) is 10.9. The molecule has 0 aliphatic heterocycles. The van der Waals surface area contributed by atoms with Gasteiger partial charge in [0.25, 0.3) is 0 Å². The van der Waals surface area contributed by atoms with E-state index in [9.17, 15) is 9.59 Å². The van der Waals surface area contributed by atoms with Crippen LogP contribution in [0.4, 0.5) is 0 Å². The Morgan fingerprint density at radius 1 is 1.00 bits per heavy atom. The Balaban J connectivity index is 1.82. The summed E-state index contributed by atoms with van der Waals surface area (Å²) < 4.78 is 0. The summed E-state index contributed by atoms with van der Waals surface area (Å²) in [5.41, 5.74) is 4.11. The average Bonchev–Trinajstić information content (AvgIpc) is 2.96. The molecule has 5 aliphatic carbocycles. The molecule has 5 rings (SSSR count). The lowest BCUT2D eigenvalue weighted by Gasteiger charge is -2.47. The molecule has 0 aromatic carbocycles. The molecule has 2 unspecified atom stereocenters. The number of fused-ring (bicyclic) bond motifs is 1. The fourth-order valence-corrected chi connectivity index (χ4v) is 5.21. The van der Waals surface area contributed by atoms with Gasteiger partial charge in [0, 0.05) is 5.92 Å². The molecule has 0 saturated heterocycles. The first-order valence-electron chi connectivity index (χ1n) is 9.10. The number of Topliss-reactive ketones (excluding diaryl/α,β-unsaturated/α-hetero) is 2. The topological polar surface area (TPSA) is 34.1 Å². The number of hydrogen-bond acceptors (Lipinski definition) is 2. The van der Waals surface area contributed by atoms with Crippen molar-refractivity contribution in [3.8, 4) is 0 Å². The maximum atomic E-state index is 12.8. The Morgan fingerprint density at radius 3 is 2.35 bits per heavy atom. The minimum Gasteiger partial charge on any atom is -0.290 e. The predicted molar refractivity (Wildman–Crippen MR) is 90.8 cm³/mol. The zero-order valence-corrected chi connectivity index (χ0v) is 14.4. The molecule has 4 atom stereocenters. The van der Waals surface area contributed by atoms with Crippen molar-refractivity contribution in [1.82, 2.24) is 0 Å². The van der Waals surface area contributed by atoms with E-state index in [2.05, 4.69) is 39.0 Å². The summed E-state index contributed by atoms with van der Waals surface area (Å²) in [4.78, 5) is 25.2. The van der Waals surface area contributed by atoms with Crippen LogP contribution in [0.3, 0.4) is 0 Å². The van der Waals surface area contributed by atoms with Crippen molar-refractivity contribution in [2.45, 2.75) is 52.9 Å². The van der Waals surface area contributed by atoms with Gasteiger partial charge in [-0.1, -0.05) is 56.6 Å². The van der Waals surface area contributed by atoms with Gasteiger partial charge in [0.15, 0.2) is 0 Å². The molecule has 2 fully saturated rings. The predicted octanol–water partition coefficient (Wildman–Crippen LogP) is 4.42. The van der Waals surface area contributed by atoms with E-state index in [4.69, 9.17) is 0 Å². The summed E-state index contributed by atoms with van der Waals surface area (Å²) >= 11 is 0. The van der Waals surface area contributed by atoms with E-state index in [0.29, 0.717) is 0 Å². The highest BCUT2D eigenvalue weighted by Gasteiger charge is 2.57. The van der Waals surface area contributed by atoms with Gasteiger partial charge < -0.3 is 0 Å². The smallest absolute Gasteiger partial charge is 0.206 e. The van der Waals surface area contributed by atoms with E-state index in [1.54, 1.807) is 5.57 Å². The van der Waals surface area contributed by atoms with Gasteiger partial charge in [0.1, 0.15) is 0 Å². The van der Waals surface area contributed by atoms with Crippen molar-refractivity contribution in [2.24, 2.45) is 29.1 Å². The van der Waals surface area contributed by atoms with E-state index in [1.165, 1.54) is 43.3 Å². The minimum absolute atomic E-state index is 0.0465. The number of allylic oxidation sites excluding steroid dienone is 6. The lowest BCUT2D eigenvalue weighted by atomic mass is 9.54. The Bertz CT molecular complexity index is 660. The summed E-state index contributed by atoms with van der Waals surface area (Å²) in [6.45, 7) is 6.51. The average molecular weight is 310 g/mol. The summed E-state index contributed by atoms with van der Waals surface area (Å²) in [6, 6.07) is 0. The van der Waals surface area contributed by atoms with Crippen LogP contribution in [0.15, 0.2) is 34.9 Å². The summed E-state index contributed by atoms with van der Waals surface area (Å²) in [6.07, 6.45) is 12.8. The number of hydrogen-bond donors (Lipinski definition) is 0. The zero-order valence-electron chi connectivity index (χ0n) is 14.4. The van der Waals surface area contributed by atoms with Crippen LogP contribution in [-0.2, 0) is 9.59 Å². The number of ketones is 2. The standard InChI is InChI=1S/C21H26O2/c1-21(2,3)16-11-15-14-10-9-13(12-7-5-4-6-8-12)17(14)18(16)20(23)19(15)22/h9-11,14-15,17-18H,4-8H2,1-3H3/t14-,15?,17-,18?/m0/s1. The van der Waals surface area contributed by atoms with Crippen molar-refractivity contribution < 1.29 is 9.59 Å². The van der Waals surface area contributed by atoms with Gasteiger partial charge >= 0.3 is 0 Å². The highest BCUT2D eigenvalue weighted by molar-refractivity contribution is 6.41. The molecular weight excluding hydrogens is 284 g/mol. The van der Waals surface area contributed by atoms with Crippen LogP contribution in [0, 0.1) is 29.1 Å². The van der Waals surface area contributed by atoms with Gasteiger partial charge in [-0.15, -0.1) is 0 Å². The van der Waals surface area contributed by atoms with Crippen LogP contribution in [0.2, 0.25) is 0 Å². The molecule has 2 heteroatoms. The molecular formula is C21H26O2.